The number of phenolic OH excluding ortho intramolecular Hbond substituents is 2. The Hall–Kier alpha value is -5.96. The molecule has 9 rings (SSSR count). The van der Waals surface area contributed by atoms with Gasteiger partial charge in [0.2, 0.25) is 0 Å². The maximum Gasteiger partial charge on any atom is 0.334 e. The van der Waals surface area contributed by atoms with E-state index in [1.807, 2.05) is 38.4 Å². The molecule has 5 heterocycles. The number of hydrogen-bond donors (Lipinski definition) is 7. The molecule has 0 spiro atoms. The number of rotatable bonds is 7. The number of fused-ring (bicyclic) bond motifs is 9. The largest absolute Gasteiger partial charge is 0.508 e. The highest BCUT2D eigenvalue weighted by atomic mass is 16.6. The summed E-state index contributed by atoms with van der Waals surface area (Å²) >= 11 is 0. The van der Waals surface area contributed by atoms with E-state index in [9.17, 15) is 30.0 Å². The molecule has 0 unspecified atom stereocenters. The molecule has 14 heteroatoms. The minimum atomic E-state index is -1.31. The van der Waals surface area contributed by atoms with Crippen LogP contribution in [-0.4, -0.2) is 68.3 Å². The molecule has 62 heavy (non-hydrogen) atoms. The van der Waals surface area contributed by atoms with Crippen LogP contribution in [0.25, 0.3) is 11.0 Å². The molecule has 0 radical (unpaired) electrons. The van der Waals surface area contributed by atoms with Crippen molar-refractivity contribution in [1.82, 2.24) is 15.3 Å². The van der Waals surface area contributed by atoms with E-state index in [-0.39, 0.29) is 52.0 Å². The van der Waals surface area contributed by atoms with E-state index in [0.717, 1.165) is 33.9 Å². The number of benzene rings is 2. The van der Waals surface area contributed by atoms with Crippen LogP contribution in [-0.2, 0) is 41.8 Å². The van der Waals surface area contributed by atoms with Crippen LogP contribution in [0.3, 0.4) is 0 Å². The van der Waals surface area contributed by atoms with E-state index < -0.39 is 59.8 Å². The first-order valence-corrected chi connectivity index (χ1v) is 21.5. The number of nitrogens with zero attached hydrogens (tertiary/aromatic N) is 2. The molecule has 0 saturated heterocycles. The number of nitrogens with two attached hydrogens (primary N) is 2. The molecular weight excluding hydrogens is 791 g/mol. The molecule has 2 aliphatic carbocycles. The summed E-state index contributed by atoms with van der Waals surface area (Å²) in [4.78, 5) is 37.8. The van der Waals surface area contributed by atoms with E-state index in [2.05, 4.69) is 10.3 Å². The molecule has 4 bridgehead atoms. The number of aliphatic hydroxyl groups excluding tert-OH is 2. The molecule has 324 valence electrons. The smallest absolute Gasteiger partial charge is 0.334 e. The number of nitrogen functional groups attached to an aromatic ring is 2. The van der Waals surface area contributed by atoms with Crippen molar-refractivity contribution in [3.8, 4) is 17.2 Å². The van der Waals surface area contributed by atoms with Gasteiger partial charge in [0.1, 0.15) is 63.9 Å². The summed E-state index contributed by atoms with van der Waals surface area (Å²) in [7, 11) is 1.81. The second-order valence-electron chi connectivity index (χ2n) is 17.4. The number of esters is 1. The first-order chi connectivity index (χ1) is 29.9. The molecule has 5 aromatic rings. The second-order valence-corrected chi connectivity index (χ2v) is 17.4. The highest BCUT2D eigenvalue weighted by Crippen LogP contribution is 2.60. The second kappa shape index (κ2) is 16.1. The summed E-state index contributed by atoms with van der Waals surface area (Å²) < 4.78 is 20.7. The van der Waals surface area contributed by atoms with E-state index >= 15 is 0 Å². The lowest BCUT2D eigenvalue weighted by atomic mass is 9.62. The topological polar surface area (TPSA) is 237 Å². The molecule has 0 amide bonds. The van der Waals surface area contributed by atoms with Crippen LogP contribution in [0.5, 0.6) is 17.2 Å². The fourth-order valence-electron chi connectivity index (χ4n) is 11.3. The normalized spacial score (nSPS) is 25.1. The number of phenols is 2. The number of aromatic nitrogens is 2. The van der Waals surface area contributed by atoms with Crippen LogP contribution in [0.1, 0.15) is 101 Å². The summed E-state index contributed by atoms with van der Waals surface area (Å²) in [6.07, 6.45) is 7.52. The van der Waals surface area contributed by atoms with E-state index in [1.165, 1.54) is 0 Å². The van der Waals surface area contributed by atoms with Gasteiger partial charge in [-0.3, -0.25) is 4.79 Å². The number of nitrogens with one attached hydrogen (secondary N) is 1. The number of aliphatic hydroxyl groups is 2. The molecule has 0 fully saturated rings. The highest BCUT2D eigenvalue weighted by Gasteiger charge is 2.57. The zero-order chi connectivity index (χ0) is 43.6. The van der Waals surface area contributed by atoms with Crippen molar-refractivity contribution in [2.75, 3.05) is 31.7 Å². The Labute approximate surface area is 358 Å². The highest BCUT2D eigenvalue weighted by molar-refractivity contribution is 5.92. The van der Waals surface area contributed by atoms with Gasteiger partial charge in [0.25, 0.3) is 0 Å². The van der Waals surface area contributed by atoms with Crippen LogP contribution in [0, 0.1) is 11.8 Å². The zero-order valence-electron chi connectivity index (χ0n) is 35.1. The Balaban J connectivity index is 1.43. The Morgan fingerprint density at radius 1 is 1.02 bits per heavy atom. The number of hydrogen-bond acceptors (Lipinski definition) is 14. The molecule has 9 N–H and O–H groups in total. The third kappa shape index (κ3) is 6.66. The molecular formula is C48H53N5O9. The van der Waals surface area contributed by atoms with Crippen molar-refractivity contribution >= 4 is 28.6 Å². The van der Waals surface area contributed by atoms with Gasteiger partial charge in [0.05, 0.1) is 6.61 Å². The third-order valence-electron chi connectivity index (χ3n) is 14.3. The van der Waals surface area contributed by atoms with Gasteiger partial charge in [-0.2, -0.15) is 0 Å². The number of carbonyl (C=O) groups excluding carboxylic acids is 1. The molecule has 14 nitrogen and oxygen atoms in total. The van der Waals surface area contributed by atoms with E-state index in [0.29, 0.717) is 73.4 Å². The van der Waals surface area contributed by atoms with Gasteiger partial charge >= 0.3 is 5.97 Å². The van der Waals surface area contributed by atoms with Crippen molar-refractivity contribution in [2.45, 2.75) is 94.9 Å². The molecule has 3 aromatic heterocycles. The predicted molar refractivity (Wildman–Crippen MR) is 232 cm³/mol. The summed E-state index contributed by atoms with van der Waals surface area (Å²) in [6, 6.07) is 10.2. The molecule has 2 aromatic carbocycles. The number of carbonyl (C=O) groups is 1. The third-order valence-corrected chi connectivity index (χ3v) is 14.3. The number of allylic oxidation sites excluding steroid dienone is 1. The fraction of sp³-hybridized carbons (Fsp3) is 0.417. The van der Waals surface area contributed by atoms with Crippen molar-refractivity contribution < 1.29 is 39.1 Å². The van der Waals surface area contributed by atoms with Gasteiger partial charge in [-0.25, -0.2) is 14.8 Å². The summed E-state index contributed by atoms with van der Waals surface area (Å²) in [6.45, 7) is 3.28. The molecule has 0 saturated carbocycles. The molecule has 4 aliphatic rings. The fourth-order valence-corrected chi connectivity index (χ4v) is 11.3. The lowest BCUT2D eigenvalue weighted by Gasteiger charge is -2.51. The van der Waals surface area contributed by atoms with Crippen LogP contribution < -0.4 is 26.9 Å². The van der Waals surface area contributed by atoms with E-state index in [4.69, 9.17) is 30.3 Å². The van der Waals surface area contributed by atoms with Gasteiger partial charge in [0.15, 0.2) is 5.43 Å². The van der Waals surface area contributed by atoms with Gasteiger partial charge in [0, 0.05) is 64.9 Å². The quantitative estimate of drug-likeness (QED) is 0.0826. The number of aryl methyl sites for hydroxylation is 2. The number of ether oxygens (including phenoxy) is 2. The van der Waals surface area contributed by atoms with Gasteiger partial charge < -0.3 is 51.1 Å². The molecule has 2 aliphatic heterocycles. The van der Waals surface area contributed by atoms with Crippen molar-refractivity contribution in [2.24, 2.45) is 11.8 Å². The maximum absolute atomic E-state index is 14.3. The summed E-state index contributed by atoms with van der Waals surface area (Å²) in [5.41, 5.74) is 17.7. The monoisotopic (exact) mass is 843 g/mol. The van der Waals surface area contributed by atoms with Crippen LogP contribution in [0.4, 0.5) is 11.6 Å². The number of pyridine rings is 2. The van der Waals surface area contributed by atoms with Gasteiger partial charge in [-0.05, 0) is 130 Å². The van der Waals surface area contributed by atoms with Gasteiger partial charge in [-0.1, -0.05) is 12.1 Å². The van der Waals surface area contributed by atoms with Crippen LogP contribution in [0.2, 0.25) is 0 Å². The minimum absolute atomic E-state index is 0.0143. The van der Waals surface area contributed by atoms with Crippen molar-refractivity contribution in [3.63, 3.8) is 0 Å². The Kier molecular flexibility index (Phi) is 10.7. The average molecular weight is 844 g/mol. The lowest BCUT2D eigenvalue weighted by molar-refractivity contribution is -0.168. The first kappa shape index (κ1) is 41.4. The number of anilines is 2. The average Bonchev–Trinajstić information content (AvgIpc) is 3.41. The van der Waals surface area contributed by atoms with Crippen LogP contribution in [0.15, 0.2) is 69.7 Å². The maximum atomic E-state index is 14.3. The Bertz CT molecular complexity index is 2700. The Morgan fingerprint density at radius 3 is 2.58 bits per heavy atom. The standard InChI is InChI=1S/C48H53N5O9/c1-4-23(11-13-51-3)47(59)61-37-19-33-43(58)41-36(57)18-28(21-54)60-45(41)42-39-31-12-14-52-46(50)40(31)30(10-6-24-5-8-27(56)17-32(24)34(39)22-55)29-9-7-25-16-38(49)53-20-26(25)15-35(29)48(37,2)62-44(33)42/h4-5,8,12,14,16-18,20,29-30,34-35,37,39,51,54-56,58H,6-7,9-11,13,15,19,21-22H2,1-3H3,(H2,49,53)(H2,50,52)/b23-4-/t29-,30-,34+,35-,37+,39+,48-/m0/s1. The molecule has 7 atom stereocenters. The summed E-state index contributed by atoms with van der Waals surface area (Å²) in [5, 5.41) is 48.5. The van der Waals surface area contributed by atoms with Crippen LogP contribution >= 0.6 is 0 Å². The lowest BCUT2D eigenvalue weighted by Crippen LogP contribution is -2.59. The van der Waals surface area contributed by atoms with Gasteiger partial charge in [-0.15, -0.1) is 0 Å². The Morgan fingerprint density at radius 2 is 1.82 bits per heavy atom. The first-order valence-electron chi connectivity index (χ1n) is 21.5. The summed E-state index contributed by atoms with van der Waals surface area (Å²) in [5.74, 6) is -2.53. The van der Waals surface area contributed by atoms with Crippen molar-refractivity contribution in [1.29, 1.82) is 0 Å². The SMILES string of the molecule is C/C=C(/CCNC)C(=O)O[C@@H]1Cc2c3c(c4oc(CO)cc(=O)c4c2O)[C@@H]2c4ccnc(N)c4[C@@H](CCc4ccc(O)cc4[C@H]2CO)[C@@H]2CCc4cc(N)ncc4C[C@@H]2[C@]1(C)O3. The zero-order valence-corrected chi connectivity index (χ0v) is 35.1. The van der Waals surface area contributed by atoms with Crippen molar-refractivity contribution in [3.05, 3.63) is 121 Å². The number of aromatic hydroxyl groups is 2. The predicted octanol–water partition coefficient (Wildman–Crippen LogP) is 5.18. The minimum Gasteiger partial charge on any atom is -0.508 e. The van der Waals surface area contributed by atoms with E-state index in [1.54, 1.807) is 31.3 Å².